The second-order valence-corrected chi connectivity index (χ2v) is 9.29. The Hall–Kier alpha value is -0.563. The van der Waals surface area contributed by atoms with Crippen LogP contribution in [0.2, 0.25) is 18.6 Å². The van der Waals surface area contributed by atoms with E-state index in [1.54, 1.807) is 5.19 Å². The molecule has 0 radical (unpaired) electrons. The van der Waals surface area contributed by atoms with Gasteiger partial charge < -0.3 is 0 Å². The van der Waals surface area contributed by atoms with Crippen molar-refractivity contribution in [2.45, 2.75) is 45.3 Å². The monoisotopic (exact) mass is 206 g/mol. The number of benzene rings is 1. The number of rotatable bonds is 5. The van der Waals surface area contributed by atoms with Crippen molar-refractivity contribution in [3.05, 3.63) is 30.3 Å². The van der Waals surface area contributed by atoms with Gasteiger partial charge in [-0.15, -0.1) is 0 Å². The van der Waals surface area contributed by atoms with Crippen molar-refractivity contribution in [3.8, 4) is 0 Å². The summed E-state index contributed by atoms with van der Waals surface area (Å²) in [4.78, 5) is 0. The predicted molar refractivity (Wildman–Crippen MR) is 67.9 cm³/mol. The van der Waals surface area contributed by atoms with Crippen molar-refractivity contribution in [2.24, 2.45) is 0 Å². The van der Waals surface area contributed by atoms with Gasteiger partial charge in [0.1, 0.15) is 0 Å². The molecule has 0 N–H and O–H groups in total. The van der Waals surface area contributed by atoms with Gasteiger partial charge in [-0.25, -0.2) is 0 Å². The third kappa shape index (κ3) is 2.71. The highest BCUT2D eigenvalue weighted by molar-refractivity contribution is 6.90. The van der Waals surface area contributed by atoms with Crippen LogP contribution in [0.1, 0.15) is 26.7 Å². The minimum Gasteiger partial charge on any atom is -0.0675 e. The molecule has 0 amide bonds. The summed E-state index contributed by atoms with van der Waals surface area (Å²) < 4.78 is 0. The van der Waals surface area contributed by atoms with E-state index in [0.29, 0.717) is 0 Å². The first-order chi connectivity index (χ1) is 6.73. The maximum absolute atomic E-state index is 2.53. The maximum atomic E-state index is 2.53. The van der Waals surface area contributed by atoms with Crippen LogP contribution >= 0.6 is 0 Å². The molecule has 0 bridgehead atoms. The maximum Gasteiger partial charge on any atom is 0.0834 e. The molecule has 0 spiro atoms. The first-order valence-electron chi connectivity index (χ1n) is 5.78. The third-order valence-electron chi connectivity index (χ3n) is 3.33. The lowest BCUT2D eigenvalue weighted by Gasteiger charge is -2.26. The van der Waals surface area contributed by atoms with E-state index >= 15 is 0 Å². The fourth-order valence-electron chi connectivity index (χ4n) is 1.93. The van der Waals surface area contributed by atoms with Gasteiger partial charge in [-0.05, 0) is 0 Å². The summed E-state index contributed by atoms with van der Waals surface area (Å²) in [6.07, 6.45) is 2.72. The Morgan fingerprint density at radius 2 is 1.71 bits per heavy atom. The Kier molecular flexibility index (Phi) is 4.40. The first kappa shape index (κ1) is 11.5. The van der Waals surface area contributed by atoms with Gasteiger partial charge in [0.2, 0.25) is 0 Å². The SMILES string of the molecule is CCCC[Si](C)(CC)c1ccccc1. The lowest BCUT2D eigenvalue weighted by Crippen LogP contribution is -2.43. The van der Waals surface area contributed by atoms with Gasteiger partial charge in [0.25, 0.3) is 0 Å². The van der Waals surface area contributed by atoms with E-state index in [9.17, 15) is 0 Å². The zero-order valence-corrected chi connectivity index (χ0v) is 10.7. The molecule has 0 saturated carbocycles. The number of hydrogen-bond acceptors (Lipinski definition) is 0. The molecule has 1 aromatic rings. The molecule has 14 heavy (non-hydrogen) atoms. The Labute approximate surface area is 89.4 Å². The predicted octanol–water partition coefficient (Wildman–Crippen LogP) is 3.79. The second-order valence-electron chi connectivity index (χ2n) is 4.38. The fourth-order valence-corrected chi connectivity index (χ4v) is 5.11. The van der Waals surface area contributed by atoms with Crippen LogP contribution in [0.4, 0.5) is 0 Å². The molecular formula is C13H22Si. The molecule has 1 heteroatoms. The summed E-state index contributed by atoms with van der Waals surface area (Å²) in [5.74, 6) is 0. The van der Waals surface area contributed by atoms with Crippen LogP contribution < -0.4 is 5.19 Å². The van der Waals surface area contributed by atoms with Crippen LogP contribution in [-0.2, 0) is 0 Å². The Balaban J connectivity index is 2.79. The van der Waals surface area contributed by atoms with E-state index < -0.39 is 8.07 Å². The smallest absolute Gasteiger partial charge is 0.0675 e. The van der Waals surface area contributed by atoms with Crippen molar-refractivity contribution in [2.75, 3.05) is 0 Å². The molecule has 1 unspecified atom stereocenters. The summed E-state index contributed by atoms with van der Waals surface area (Å²) in [7, 11) is -1.12. The van der Waals surface area contributed by atoms with Crippen molar-refractivity contribution in [1.29, 1.82) is 0 Å². The number of unbranched alkanes of at least 4 members (excludes halogenated alkanes) is 1. The van der Waals surface area contributed by atoms with Crippen molar-refractivity contribution >= 4 is 13.3 Å². The molecule has 0 heterocycles. The van der Waals surface area contributed by atoms with E-state index in [-0.39, 0.29) is 0 Å². The quantitative estimate of drug-likeness (QED) is 0.643. The van der Waals surface area contributed by atoms with E-state index in [4.69, 9.17) is 0 Å². The number of hydrogen-bond donors (Lipinski definition) is 0. The largest absolute Gasteiger partial charge is 0.0834 e. The Morgan fingerprint density at radius 1 is 1.07 bits per heavy atom. The lowest BCUT2D eigenvalue weighted by molar-refractivity contribution is 0.866. The fraction of sp³-hybridized carbons (Fsp3) is 0.538. The lowest BCUT2D eigenvalue weighted by atomic mass is 10.4. The Morgan fingerprint density at radius 3 is 2.21 bits per heavy atom. The van der Waals surface area contributed by atoms with Gasteiger partial charge in [0.15, 0.2) is 0 Å². The molecule has 1 aromatic carbocycles. The molecule has 0 saturated heterocycles. The van der Waals surface area contributed by atoms with Gasteiger partial charge in [-0.3, -0.25) is 0 Å². The van der Waals surface area contributed by atoms with Gasteiger partial charge in [0, 0.05) is 0 Å². The molecule has 0 fully saturated rings. The van der Waals surface area contributed by atoms with Gasteiger partial charge in [-0.2, -0.15) is 0 Å². The Bertz CT molecular complexity index is 255. The van der Waals surface area contributed by atoms with Crippen molar-refractivity contribution in [1.82, 2.24) is 0 Å². The van der Waals surface area contributed by atoms with Gasteiger partial charge in [-0.1, -0.05) is 80.8 Å². The normalized spacial score (nSPS) is 15.1. The van der Waals surface area contributed by atoms with Gasteiger partial charge >= 0.3 is 0 Å². The standard InChI is InChI=1S/C13H22Si/c1-4-6-12-14(3,5-2)13-10-8-7-9-11-13/h7-11H,4-6,12H2,1-3H3. The highest BCUT2D eigenvalue weighted by Gasteiger charge is 2.25. The minimum absolute atomic E-state index is 1.12. The summed E-state index contributed by atoms with van der Waals surface area (Å²) in [5.41, 5.74) is 0. The molecular weight excluding hydrogens is 184 g/mol. The summed E-state index contributed by atoms with van der Waals surface area (Å²) in [6, 6.07) is 14.0. The van der Waals surface area contributed by atoms with Crippen molar-refractivity contribution in [3.63, 3.8) is 0 Å². The molecule has 1 rings (SSSR count). The van der Waals surface area contributed by atoms with Crippen LogP contribution in [0.25, 0.3) is 0 Å². The molecule has 0 aliphatic rings. The van der Waals surface area contributed by atoms with E-state index in [2.05, 4.69) is 50.7 Å². The second kappa shape index (κ2) is 5.35. The van der Waals surface area contributed by atoms with E-state index in [0.717, 1.165) is 0 Å². The van der Waals surface area contributed by atoms with Crippen molar-refractivity contribution < 1.29 is 0 Å². The van der Waals surface area contributed by atoms with E-state index in [1.807, 2.05) is 0 Å². The first-order valence-corrected chi connectivity index (χ1v) is 8.70. The molecule has 78 valence electrons. The van der Waals surface area contributed by atoms with Crippen LogP contribution in [0.15, 0.2) is 30.3 Å². The molecule has 0 nitrogen and oxygen atoms in total. The molecule has 0 aromatic heterocycles. The van der Waals surface area contributed by atoms with Crippen LogP contribution in [0, 0.1) is 0 Å². The van der Waals surface area contributed by atoms with Gasteiger partial charge in [0.05, 0.1) is 8.07 Å². The van der Waals surface area contributed by atoms with Crippen LogP contribution in [0.5, 0.6) is 0 Å². The summed E-state index contributed by atoms with van der Waals surface area (Å²) in [5, 5.41) is 1.64. The molecule has 0 aliphatic carbocycles. The third-order valence-corrected chi connectivity index (χ3v) is 8.08. The average molecular weight is 206 g/mol. The zero-order valence-electron chi connectivity index (χ0n) is 9.72. The summed E-state index contributed by atoms with van der Waals surface area (Å²) >= 11 is 0. The summed E-state index contributed by atoms with van der Waals surface area (Å²) in [6.45, 7) is 7.17. The van der Waals surface area contributed by atoms with Crippen LogP contribution in [-0.4, -0.2) is 8.07 Å². The topological polar surface area (TPSA) is 0 Å². The van der Waals surface area contributed by atoms with E-state index in [1.165, 1.54) is 24.9 Å². The zero-order chi connectivity index (χ0) is 10.4. The highest BCUT2D eigenvalue weighted by atomic mass is 28.3. The average Bonchev–Trinajstić information content (AvgIpc) is 2.27. The molecule has 1 atom stereocenters. The van der Waals surface area contributed by atoms with Crippen LogP contribution in [0.3, 0.4) is 0 Å². The molecule has 0 aliphatic heterocycles. The minimum atomic E-state index is -1.12. The highest BCUT2D eigenvalue weighted by Crippen LogP contribution is 2.18.